The van der Waals surface area contributed by atoms with Gasteiger partial charge in [-0.05, 0) is 46.3 Å². The van der Waals surface area contributed by atoms with Gasteiger partial charge in [0.05, 0.1) is 9.92 Å². The molecule has 0 saturated heterocycles. The summed E-state index contributed by atoms with van der Waals surface area (Å²) in [6.45, 7) is 0. The normalized spacial score (nSPS) is 11.2. The van der Waals surface area contributed by atoms with Gasteiger partial charge in [-0.15, -0.1) is 0 Å². The number of rotatable bonds is 3. The lowest BCUT2D eigenvalue weighted by molar-refractivity contribution is 0.601. The molecule has 0 unspecified atom stereocenters. The maximum atomic E-state index is 12.1. The molecule has 6 heteroatoms. The fourth-order valence-corrected chi connectivity index (χ4v) is 3.10. The number of halogens is 2. The molecular formula is C12H9BrClNO2S. The highest BCUT2D eigenvalue weighted by atomic mass is 79.9. The van der Waals surface area contributed by atoms with Crippen molar-refractivity contribution in [3.8, 4) is 0 Å². The Hall–Kier alpha value is -1.04. The Bertz CT molecular complexity index is 659. The summed E-state index contributed by atoms with van der Waals surface area (Å²) in [6.07, 6.45) is 0. The van der Waals surface area contributed by atoms with Gasteiger partial charge in [-0.1, -0.05) is 29.8 Å². The van der Waals surface area contributed by atoms with Crippen molar-refractivity contribution in [3.63, 3.8) is 0 Å². The van der Waals surface area contributed by atoms with Gasteiger partial charge in [-0.3, -0.25) is 4.72 Å². The number of sulfonamides is 1. The van der Waals surface area contributed by atoms with E-state index < -0.39 is 10.0 Å². The standard InChI is InChI=1S/C12H9BrClNO2S/c13-11-8-10(6-7-12(11)14)18(16,17)15-9-4-2-1-3-5-9/h1-8,15H. The predicted molar refractivity (Wildman–Crippen MR) is 76.4 cm³/mol. The number of benzene rings is 2. The summed E-state index contributed by atoms with van der Waals surface area (Å²) in [5.74, 6) is 0. The van der Waals surface area contributed by atoms with Crippen molar-refractivity contribution in [1.29, 1.82) is 0 Å². The Balaban J connectivity index is 2.34. The third kappa shape index (κ3) is 3.04. The molecule has 2 aromatic carbocycles. The molecule has 0 spiro atoms. The molecule has 0 aliphatic carbocycles. The first-order chi connectivity index (χ1) is 8.49. The zero-order valence-corrected chi connectivity index (χ0v) is 12.3. The maximum absolute atomic E-state index is 12.1. The van der Waals surface area contributed by atoms with Crippen LogP contribution in [0.1, 0.15) is 0 Å². The summed E-state index contributed by atoms with van der Waals surface area (Å²) in [6, 6.07) is 13.2. The topological polar surface area (TPSA) is 46.2 Å². The van der Waals surface area contributed by atoms with E-state index in [1.807, 2.05) is 6.07 Å². The Morgan fingerprint density at radius 3 is 2.33 bits per heavy atom. The van der Waals surface area contributed by atoms with Gasteiger partial charge in [-0.25, -0.2) is 8.42 Å². The van der Waals surface area contributed by atoms with Crippen LogP contribution in [0, 0.1) is 0 Å². The Morgan fingerprint density at radius 1 is 1.06 bits per heavy atom. The van der Waals surface area contributed by atoms with Crippen molar-refractivity contribution in [2.45, 2.75) is 4.90 Å². The molecule has 0 aliphatic rings. The van der Waals surface area contributed by atoms with Crippen LogP contribution in [-0.2, 0) is 10.0 Å². The average Bonchev–Trinajstić information content (AvgIpc) is 2.33. The van der Waals surface area contributed by atoms with Crippen molar-refractivity contribution in [2.75, 3.05) is 4.72 Å². The number of hydrogen-bond donors (Lipinski definition) is 1. The first-order valence-electron chi connectivity index (χ1n) is 5.02. The fourth-order valence-electron chi connectivity index (χ4n) is 1.36. The summed E-state index contributed by atoms with van der Waals surface area (Å²) >= 11 is 9.03. The van der Waals surface area contributed by atoms with Gasteiger partial charge in [0, 0.05) is 10.2 Å². The molecule has 2 rings (SSSR count). The Morgan fingerprint density at radius 2 is 1.72 bits per heavy atom. The third-order valence-corrected chi connectivity index (χ3v) is 4.82. The first kappa shape index (κ1) is 13.4. The van der Waals surface area contributed by atoms with Crippen molar-refractivity contribution >= 4 is 43.2 Å². The van der Waals surface area contributed by atoms with Gasteiger partial charge < -0.3 is 0 Å². The predicted octanol–water partition coefficient (Wildman–Crippen LogP) is 3.90. The molecule has 0 bridgehead atoms. The van der Waals surface area contributed by atoms with Crippen LogP contribution in [0.5, 0.6) is 0 Å². The van der Waals surface area contributed by atoms with Gasteiger partial charge in [0.2, 0.25) is 0 Å². The first-order valence-corrected chi connectivity index (χ1v) is 7.67. The Labute approximate surface area is 119 Å². The van der Waals surface area contributed by atoms with Crippen molar-refractivity contribution in [3.05, 3.63) is 58.0 Å². The average molecular weight is 347 g/mol. The zero-order valence-electron chi connectivity index (χ0n) is 9.10. The third-order valence-electron chi connectivity index (χ3n) is 2.23. The maximum Gasteiger partial charge on any atom is 0.261 e. The molecule has 2 aromatic rings. The molecule has 0 heterocycles. The molecule has 0 atom stereocenters. The quantitative estimate of drug-likeness (QED) is 0.916. The molecule has 94 valence electrons. The minimum Gasteiger partial charge on any atom is -0.280 e. The molecule has 1 N–H and O–H groups in total. The van der Waals surface area contributed by atoms with E-state index in [4.69, 9.17) is 11.6 Å². The molecule has 0 fully saturated rings. The summed E-state index contributed by atoms with van der Waals surface area (Å²) < 4.78 is 27.2. The highest BCUT2D eigenvalue weighted by molar-refractivity contribution is 9.10. The van der Waals surface area contributed by atoms with Gasteiger partial charge in [-0.2, -0.15) is 0 Å². The SMILES string of the molecule is O=S(=O)(Nc1ccccc1)c1ccc(Cl)c(Br)c1. The van der Waals surface area contributed by atoms with E-state index in [1.54, 1.807) is 24.3 Å². The van der Waals surface area contributed by atoms with Crippen molar-refractivity contribution in [2.24, 2.45) is 0 Å². The van der Waals surface area contributed by atoms with E-state index in [0.717, 1.165) is 0 Å². The molecule has 0 amide bonds. The van der Waals surface area contributed by atoms with Crippen LogP contribution in [0.4, 0.5) is 5.69 Å². The summed E-state index contributed by atoms with van der Waals surface area (Å²) in [5, 5.41) is 0.466. The van der Waals surface area contributed by atoms with Crippen LogP contribution in [-0.4, -0.2) is 8.42 Å². The van der Waals surface area contributed by atoms with E-state index in [0.29, 0.717) is 15.2 Å². The van der Waals surface area contributed by atoms with Gasteiger partial charge in [0.15, 0.2) is 0 Å². The highest BCUT2D eigenvalue weighted by Gasteiger charge is 2.15. The smallest absolute Gasteiger partial charge is 0.261 e. The summed E-state index contributed by atoms with van der Waals surface area (Å²) in [7, 11) is -3.59. The fraction of sp³-hybridized carbons (Fsp3) is 0. The molecule has 18 heavy (non-hydrogen) atoms. The number of nitrogens with one attached hydrogen (secondary N) is 1. The number of hydrogen-bond acceptors (Lipinski definition) is 2. The second kappa shape index (κ2) is 5.30. The van der Waals surface area contributed by atoms with Crippen molar-refractivity contribution < 1.29 is 8.42 Å². The molecule has 3 nitrogen and oxygen atoms in total. The van der Waals surface area contributed by atoms with E-state index in [9.17, 15) is 8.42 Å². The van der Waals surface area contributed by atoms with Gasteiger partial charge in [0.25, 0.3) is 10.0 Å². The van der Waals surface area contributed by atoms with Crippen LogP contribution in [0.3, 0.4) is 0 Å². The summed E-state index contributed by atoms with van der Waals surface area (Å²) in [5.41, 5.74) is 0.517. The van der Waals surface area contributed by atoms with Gasteiger partial charge >= 0.3 is 0 Å². The van der Waals surface area contributed by atoms with Crippen LogP contribution in [0.2, 0.25) is 5.02 Å². The van der Waals surface area contributed by atoms with Crippen LogP contribution in [0.15, 0.2) is 57.9 Å². The second-order valence-electron chi connectivity index (χ2n) is 3.55. The lowest BCUT2D eigenvalue weighted by Crippen LogP contribution is -2.12. The lowest BCUT2D eigenvalue weighted by Gasteiger charge is -2.08. The van der Waals surface area contributed by atoms with Gasteiger partial charge in [0.1, 0.15) is 0 Å². The van der Waals surface area contributed by atoms with Crippen LogP contribution < -0.4 is 4.72 Å². The van der Waals surface area contributed by atoms with E-state index in [1.165, 1.54) is 18.2 Å². The molecule has 0 aliphatic heterocycles. The Kier molecular flexibility index (Phi) is 3.94. The monoisotopic (exact) mass is 345 g/mol. The zero-order chi connectivity index (χ0) is 13.2. The second-order valence-corrected chi connectivity index (χ2v) is 6.49. The minimum atomic E-state index is -3.59. The lowest BCUT2D eigenvalue weighted by atomic mass is 10.3. The largest absolute Gasteiger partial charge is 0.280 e. The van der Waals surface area contributed by atoms with E-state index in [2.05, 4.69) is 20.7 Å². The van der Waals surface area contributed by atoms with Crippen LogP contribution in [0.25, 0.3) is 0 Å². The molecule has 0 aromatic heterocycles. The van der Waals surface area contributed by atoms with Crippen LogP contribution >= 0.6 is 27.5 Å². The highest BCUT2D eigenvalue weighted by Crippen LogP contribution is 2.26. The molecule has 0 saturated carbocycles. The van der Waals surface area contributed by atoms with E-state index >= 15 is 0 Å². The number of anilines is 1. The minimum absolute atomic E-state index is 0.155. The van der Waals surface area contributed by atoms with Crippen molar-refractivity contribution in [1.82, 2.24) is 0 Å². The van der Waals surface area contributed by atoms with E-state index in [-0.39, 0.29) is 4.90 Å². The molecule has 0 radical (unpaired) electrons. The summed E-state index contributed by atoms with van der Waals surface area (Å²) in [4.78, 5) is 0.155. The number of para-hydroxylation sites is 1. The molecular weight excluding hydrogens is 338 g/mol.